The molecule has 0 spiro atoms. The zero-order valence-corrected chi connectivity index (χ0v) is 15.8. The van der Waals surface area contributed by atoms with Crippen molar-refractivity contribution in [3.05, 3.63) is 52.0 Å². The number of carbonyl (C=O) groups excluding carboxylic acids is 1. The Balaban J connectivity index is 2.46. The first-order valence-electron chi connectivity index (χ1n) is 7.26. The highest BCUT2D eigenvalue weighted by Gasteiger charge is 2.21. The maximum atomic E-state index is 12.8. The molecule has 0 amide bonds. The van der Waals surface area contributed by atoms with E-state index in [0.29, 0.717) is 11.3 Å². The molecule has 0 saturated heterocycles. The van der Waals surface area contributed by atoms with Crippen LogP contribution >= 0.6 is 11.6 Å². The van der Waals surface area contributed by atoms with Crippen molar-refractivity contribution in [3.63, 3.8) is 0 Å². The fraction of sp³-hybridized carbons (Fsp3) is 0.235. The number of hydrogen-bond acceptors (Lipinski definition) is 5. The molecule has 0 unspecified atom stereocenters. The number of methoxy groups -OCH3 is 2. The molecule has 25 heavy (non-hydrogen) atoms. The van der Waals surface area contributed by atoms with Crippen molar-refractivity contribution in [2.75, 3.05) is 18.9 Å². The van der Waals surface area contributed by atoms with Gasteiger partial charge in [0.15, 0.2) is 0 Å². The third kappa shape index (κ3) is 3.88. The number of esters is 1. The van der Waals surface area contributed by atoms with Gasteiger partial charge in [0.2, 0.25) is 0 Å². The molecule has 0 saturated carbocycles. The molecule has 0 aliphatic rings. The molecule has 8 heteroatoms. The molecule has 2 aromatic carbocycles. The van der Waals surface area contributed by atoms with E-state index in [-0.39, 0.29) is 21.2 Å². The van der Waals surface area contributed by atoms with Crippen molar-refractivity contribution < 1.29 is 22.7 Å². The quantitative estimate of drug-likeness (QED) is 0.798. The van der Waals surface area contributed by atoms with E-state index in [1.807, 2.05) is 0 Å². The fourth-order valence-electron chi connectivity index (χ4n) is 2.33. The Kier molecular flexibility index (Phi) is 5.59. The van der Waals surface area contributed by atoms with E-state index >= 15 is 0 Å². The monoisotopic (exact) mass is 383 g/mol. The Morgan fingerprint density at radius 1 is 1.08 bits per heavy atom. The first-order valence-corrected chi connectivity index (χ1v) is 9.12. The van der Waals surface area contributed by atoms with Crippen LogP contribution in [0.15, 0.2) is 35.2 Å². The smallest absolute Gasteiger partial charge is 0.337 e. The summed E-state index contributed by atoms with van der Waals surface area (Å²) in [6.45, 7) is 3.47. The second-order valence-corrected chi connectivity index (χ2v) is 7.37. The van der Waals surface area contributed by atoms with Crippen LogP contribution in [0.2, 0.25) is 5.02 Å². The lowest BCUT2D eigenvalue weighted by Crippen LogP contribution is -2.16. The highest BCUT2D eigenvalue weighted by atomic mass is 35.5. The average Bonchev–Trinajstić information content (AvgIpc) is 2.58. The molecule has 0 aliphatic carbocycles. The molecule has 2 rings (SSSR count). The van der Waals surface area contributed by atoms with Gasteiger partial charge in [0.25, 0.3) is 10.0 Å². The minimum atomic E-state index is -3.91. The number of nitrogens with one attached hydrogen (secondary N) is 1. The van der Waals surface area contributed by atoms with E-state index < -0.39 is 16.0 Å². The van der Waals surface area contributed by atoms with E-state index in [1.54, 1.807) is 19.9 Å². The second-order valence-electron chi connectivity index (χ2n) is 5.31. The van der Waals surface area contributed by atoms with Crippen molar-refractivity contribution in [3.8, 4) is 5.75 Å². The van der Waals surface area contributed by atoms with Crippen molar-refractivity contribution in [2.24, 2.45) is 0 Å². The summed E-state index contributed by atoms with van der Waals surface area (Å²) in [4.78, 5) is 11.7. The average molecular weight is 384 g/mol. The molecule has 1 N–H and O–H groups in total. The van der Waals surface area contributed by atoms with E-state index in [9.17, 15) is 13.2 Å². The van der Waals surface area contributed by atoms with Crippen LogP contribution in [-0.4, -0.2) is 28.6 Å². The summed E-state index contributed by atoms with van der Waals surface area (Å²) in [7, 11) is -1.14. The predicted octanol–water partition coefficient (Wildman–Crippen LogP) is 3.55. The lowest BCUT2D eigenvalue weighted by atomic mass is 10.1. The van der Waals surface area contributed by atoms with E-state index in [1.165, 1.54) is 38.5 Å². The van der Waals surface area contributed by atoms with Gasteiger partial charge in [-0.05, 0) is 55.3 Å². The second kappa shape index (κ2) is 7.33. The molecule has 0 atom stereocenters. The topological polar surface area (TPSA) is 81.7 Å². The molecular weight excluding hydrogens is 366 g/mol. The van der Waals surface area contributed by atoms with Crippen LogP contribution in [0.25, 0.3) is 0 Å². The van der Waals surface area contributed by atoms with Crippen molar-refractivity contribution in [2.45, 2.75) is 18.7 Å². The summed E-state index contributed by atoms with van der Waals surface area (Å²) >= 11 is 6.06. The summed E-state index contributed by atoms with van der Waals surface area (Å²) in [5.74, 6) is 0.00996. The lowest BCUT2D eigenvalue weighted by Gasteiger charge is -2.15. The van der Waals surface area contributed by atoms with E-state index in [0.717, 1.165) is 5.56 Å². The molecule has 134 valence electrons. The summed E-state index contributed by atoms with van der Waals surface area (Å²) in [5, 5.41) is 0.166. The Hall–Kier alpha value is -2.25. The van der Waals surface area contributed by atoms with Crippen LogP contribution in [0, 0.1) is 13.8 Å². The maximum absolute atomic E-state index is 12.8. The summed E-state index contributed by atoms with van der Waals surface area (Å²) in [6, 6.07) is 7.26. The largest absolute Gasteiger partial charge is 0.496 e. The zero-order valence-electron chi connectivity index (χ0n) is 14.2. The van der Waals surface area contributed by atoms with Gasteiger partial charge < -0.3 is 9.47 Å². The molecule has 0 bridgehead atoms. The molecule has 0 aromatic heterocycles. The number of carbonyl (C=O) groups is 1. The first-order chi connectivity index (χ1) is 11.7. The SMILES string of the molecule is COC(=O)c1ccc(Cl)c(NS(=O)(=O)c2ccc(OC)c(C)c2C)c1. The van der Waals surface area contributed by atoms with Crippen LogP contribution in [0.4, 0.5) is 5.69 Å². The minimum absolute atomic E-state index is 0.0948. The summed E-state index contributed by atoms with van der Waals surface area (Å²) < 4.78 is 37.8. The number of halogens is 1. The summed E-state index contributed by atoms with van der Waals surface area (Å²) in [6.07, 6.45) is 0. The molecule has 0 aliphatic heterocycles. The van der Waals surface area contributed by atoms with Crippen LogP contribution < -0.4 is 9.46 Å². The Morgan fingerprint density at radius 2 is 1.76 bits per heavy atom. The molecule has 6 nitrogen and oxygen atoms in total. The standard InChI is InChI=1S/C17H18ClNO5S/c1-10-11(2)16(8-7-15(10)23-3)25(21,22)19-14-9-12(17(20)24-4)5-6-13(14)18/h5-9,19H,1-4H3. The Labute approximate surface area is 151 Å². The normalized spacial score (nSPS) is 11.1. The van der Waals surface area contributed by atoms with Crippen LogP contribution in [0.5, 0.6) is 5.75 Å². The number of anilines is 1. The third-order valence-corrected chi connectivity index (χ3v) is 5.67. The van der Waals surface area contributed by atoms with Gasteiger partial charge in [-0.15, -0.1) is 0 Å². The molecular formula is C17H18ClNO5S. The first kappa shape index (κ1) is 19.1. The van der Waals surface area contributed by atoms with Crippen LogP contribution in [-0.2, 0) is 14.8 Å². The van der Waals surface area contributed by atoms with E-state index in [2.05, 4.69) is 9.46 Å². The zero-order chi connectivity index (χ0) is 18.8. The highest BCUT2D eigenvalue weighted by molar-refractivity contribution is 7.92. The number of benzene rings is 2. The number of hydrogen-bond donors (Lipinski definition) is 1. The van der Waals surface area contributed by atoms with Crippen LogP contribution in [0.1, 0.15) is 21.5 Å². The highest BCUT2D eigenvalue weighted by Crippen LogP contribution is 2.30. The maximum Gasteiger partial charge on any atom is 0.337 e. The van der Waals surface area contributed by atoms with Gasteiger partial charge in [-0.25, -0.2) is 13.2 Å². The molecule has 0 radical (unpaired) electrons. The molecule has 2 aromatic rings. The lowest BCUT2D eigenvalue weighted by molar-refractivity contribution is 0.0601. The van der Waals surface area contributed by atoms with Gasteiger partial charge in [0.1, 0.15) is 5.75 Å². The fourth-order valence-corrected chi connectivity index (χ4v) is 3.92. The summed E-state index contributed by atoms with van der Waals surface area (Å²) in [5.41, 5.74) is 1.57. The van der Waals surface area contributed by atoms with Gasteiger partial charge in [0, 0.05) is 0 Å². The van der Waals surface area contributed by atoms with Crippen LogP contribution in [0.3, 0.4) is 0 Å². The van der Waals surface area contributed by atoms with Gasteiger partial charge >= 0.3 is 5.97 Å². The molecule has 0 fully saturated rings. The van der Waals surface area contributed by atoms with Crippen molar-refractivity contribution in [1.82, 2.24) is 0 Å². The van der Waals surface area contributed by atoms with Gasteiger partial charge in [-0.3, -0.25) is 4.72 Å². The van der Waals surface area contributed by atoms with Gasteiger partial charge in [-0.2, -0.15) is 0 Å². The Bertz CT molecular complexity index is 925. The minimum Gasteiger partial charge on any atom is -0.496 e. The number of rotatable bonds is 5. The predicted molar refractivity (Wildman–Crippen MR) is 96.1 cm³/mol. The third-order valence-electron chi connectivity index (χ3n) is 3.83. The van der Waals surface area contributed by atoms with Gasteiger partial charge in [0.05, 0.1) is 35.4 Å². The molecule has 0 heterocycles. The Morgan fingerprint density at radius 3 is 2.36 bits per heavy atom. The number of sulfonamides is 1. The van der Waals surface area contributed by atoms with Crippen molar-refractivity contribution in [1.29, 1.82) is 0 Å². The van der Waals surface area contributed by atoms with E-state index in [4.69, 9.17) is 16.3 Å². The van der Waals surface area contributed by atoms with Crippen molar-refractivity contribution >= 4 is 33.3 Å². The number of ether oxygens (including phenoxy) is 2. The van der Waals surface area contributed by atoms with Gasteiger partial charge in [-0.1, -0.05) is 11.6 Å².